The highest BCUT2D eigenvalue weighted by Crippen LogP contribution is 2.37. The second-order valence-electron chi connectivity index (χ2n) is 6.23. The lowest BCUT2D eigenvalue weighted by molar-refractivity contribution is 0.164. The molecule has 0 bridgehead atoms. The Morgan fingerprint density at radius 3 is 2.83 bits per heavy atom. The lowest BCUT2D eigenvalue weighted by Gasteiger charge is -2.33. The number of benzene rings is 2. The lowest BCUT2D eigenvalue weighted by Crippen LogP contribution is -2.49. The molecule has 4 nitrogen and oxygen atoms in total. The third-order valence-electron chi connectivity index (χ3n) is 4.58. The number of aliphatic hydroxyl groups is 1. The molecule has 4 rings (SSSR count). The van der Waals surface area contributed by atoms with Gasteiger partial charge in [0.1, 0.15) is 5.82 Å². The summed E-state index contributed by atoms with van der Waals surface area (Å²) in [5.74, 6) is -0.212. The van der Waals surface area contributed by atoms with Crippen molar-refractivity contribution < 1.29 is 9.50 Å². The molecule has 0 radical (unpaired) electrons. The van der Waals surface area contributed by atoms with Crippen molar-refractivity contribution in [3.63, 3.8) is 0 Å². The van der Waals surface area contributed by atoms with E-state index in [2.05, 4.69) is 27.2 Å². The molecule has 1 unspecified atom stereocenters. The van der Waals surface area contributed by atoms with E-state index in [1.807, 2.05) is 18.2 Å². The molecule has 1 saturated heterocycles. The summed E-state index contributed by atoms with van der Waals surface area (Å²) < 4.78 is 13.5. The first-order valence-corrected chi connectivity index (χ1v) is 7.99. The maximum Gasteiger partial charge on any atom is 0.158 e. The number of hydrogen-bond acceptors (Lipinski definition) is 4. The first-order chi connectivity index (χ1) is 11.2. The Morgan fingerprint density at radius 1 is 1.17 bits per heavy atom. The molecule has 0 aliphatic carbocycles. The van der Waals surface area contributed by atoms with E-state index in [1.54, 1.807) is 12.1 Å². The summed E-state index contributed by atoms with van der Waals surface area (Å²) in [4.78, 5) is 4.48. The standard InChI is InChI=1S/C18H20FN3O/c19-14-5-3-4-13(10-14)11-22-17-7-2-1-6-16(17)20-18(22)21-9-8-15(23)12-21/h1-7,10,15,18,20,23H,8-9,11-12H2/t15-,18?/m0/s1. The van der Waals surface area contributed by atoms with Crippen LogP contribution < -0.4 is 10.2 Å². The average Bonchev–Trinajstić information content (AvgIpc) is 3.12. The van der Waals surface area contributed by atoms with Crippen LogP contribution in [0, 0.1) is 5.82 Å². The van der Waals surface area contributed by atoms with Crippen molar-refractivity contribution in [2.75, 3.05) is 23.3 Å². The van der Waals surface area contributed by atoms with Gasteiger partial charge in [-0.05, 0) is 36.2 Å². The van der Waals surface area contributed by atoms with Crippen molar-refractivity contribution >= 4 is 11.4 Å². The van der Waals surface area contributed by atoms with Gasteiger partial charge in [0.05, 0.1) is 17.5 Å². The molecule has 120 valence electrons. The molecule has 2 aromatic carbocycles. The molecule has 2 aromatic rings. The monoisotopic (exact) mass is 313 g/mol. The van der Waals surface area contributed by atoms with E-state index in [0.717, 1.165) is 29.9 Å². The van der Waals surface area contributed by atoms with E-state index in [9.17, 15) is 9.50 Å². The van der Waals surface area contributed by atoms with Crippen molar-refractivity contribution in [3.8, 4) is 0 Å². The van der Waals surface area contributed by atoms with E-state index in [-0.39, 0.29) is 18.2 Å². The molecule has 2 heterocycles. The zero-order valence-electron chi connectivity index (χ0n) is 12.8. The van der Waals surface area contributed by atoms with E-state index in [4.69, 9.17) is 0 Å². The van der Waals surface area contributed by atoms with Crippen LogP contribution in [0.3, 0.4) is 0 Å². The number of nitrogens with zero attached hydrogens (tertiary/aromatic N) is 2. The van der Waals surface area contributed by atoms with Crippen molar-refractivity contribution in [3.05, 3.63) is 59.9 Å². The number of likely N-dealkylation sites (tertiary alicyclic amines) is 1. The van der Waals surface area contributed by atoms with Gasteiger partial charge in [0, 0.05) is 19.6 Å². The minimum Gasteiger partial charge on any atom is -0.392 e. The summed E-state index contributed by atoms with van der Waals surface area (Å²) in [6, 6.07) is 14.9. The molecule has 0 amide bonds. The molecule has 0 aromatic heterocycles. The minimum atomic E-state index is -0.267. The van der Waals surface area contributed by atoms with E-state index < -0.39 is 0 Å². The van der Waals surface area contributed by atoms with Crippen LogP contribution in [0.15, 0.2) is 48.5 Å². The summed E-state index contributed by atoms with van der Waals surface area (Å²) in [6.07, 6.45) is 0.520. The summed E-state index contributed by atoms with van der Waals surface area (Å²) in [5.41, 5.74) is 3.13. The predicted octanol–water partition coefficient (Wildman–Crippen LogP) is 2.61. The molecule has 2 N–H and O–H groups in total. The van der Waals surface area contributed by atoms with Gasteiger partial charge >= 0.3 is 0 Å². The van der Waals surface area contributed by atoms with Gasteiger partial charge in [0.25, 0.3) is 0 Å². The SMILES string of the molecule is O[C@H]1CCN(C2Nc3ccccc3N2Cc2cccc(F)c2)C1. The summed E-state index contributed by atoms with van der Waals surface area (Å²) in [5, 5.41) is 13.4. The topological polar surface area (TPSA) is 38.7 Å². The van der Waals surface area contributed by atoms with Gasteiger partial charge in [0.15, 0.2) is 6.29 Å². The van der Waals surface area contributed by atoms with Crippen LogP contribution in [-0.4, -0.2) is 35.5 Å². The van der Waals surface area contributed by atoms with Gasteiger partial charge < -0.3 is 15.3 Å². The average molecular weight is 313 g/mol. The number of halogens is 1. The lowest BCUT2D eigenvalue weighted by atomic mass is 10.2. The second-order valence-corrected chi connectivity index (χ2v) is 6.23. The first-order valence-electron chi connectivity index (χ1n) is 7.99. The van der Waals surface area contributed by atoms with Crippen LogP contribution in [0.1, 0.15) is 12.0 Å². The van der Waals surface area contributed by atoms with Crippen LogP contribution in [0.2, 0.25) is 0 Å². The Kier molecular flexibility index (Phi) is 3.67. The highest BCUT2D eigenvalue weighted by molar-refractivity contribution is 5.75. The predicted molar refractivity (Wildman–Crippen MR) is 88.6 cm³/mol. The highest BCUT2D eigenvalue weighted by Gasteiger charge is 2.36. The Hall–Kier alpha value is -2.11. The Labute approximate surface area is 135 Å². The quantitative estimate of drug-likeness (QED) is 0.914. The second kappa shape index (κ2) is 5.83. The number of anilines is 2. The van der Waals surface area contributed by atoms with Gasteiger partial charge in [-0.1, -0.05) is 24.3 Å². The third-order valence-corrected chi connectivity index (χ3v) is 4.58. The van der Waals surface area contributed by atoms with Crippen molar-refractivity contribution in [1.82, 2.24) is 4.90 Å². The highest BCUT2D eigenvalue weighted by atomic mass is 19.1. The van der Waals surface area contributed by atoms with Gasteiger partial charge in [0.2, 0.25) is 0 Å². The number of fused-ring (bicyclic) bond motifs is 1. The molecule has 2 aliphatic rings. The Bertz CT molecular complexity index is 708. The Morgan fingerprint density at radius 2 is 2.04 bits per heavy atom. The maximum atomic E-state index is 13.5. The fourth-order valence-corrected chi connectivity index (χ4v) is 3.48. The molecular formula is C18H20FN3O. The number of nitrogens with one attached hydrogen (secondary N) is 1. The first kappa shape index (κ1) is 14.5. The number of aliphatic hydroxyl groups excluding tert-OH is 1. The summed E-state index contributed by atoms with van der Waals surface area (Å²) >= 11 is 0. The Balaban J connectivity index is 1.64. The molecular weight excluding hydrogens is 293 g/mol. The largest absolute Gasteiger partial charge is 0.392 e. The van der Waals surface area contributed by atoms with Gasteiger partial charge in [-0.3, -0.25) is 4.90 Å². The number of hydrogen-bond donors (Lipinski definition) is 2. The minimum absolute atomic E-state index is 0.00665. The van der Waals surface area contributed by atoms with Crippen LogP contribution in [0.4, 0.5) is 15.8 Å². The van der Waals surface area contributed by atoms with Crippen molar-refractivity contribution in [1.29, 1.82) is 0 Å². The van der Waals surface area contributed by atoms with Crippen LogP contribution in [0.5, 0.6) is 0 Å². The number of rotatable bonds is 3. The fourth-order valence-electron chi connectivity index (χ4n) is 3.48. The molecule has 1 fully saturated rings. The van der Waals surface area contributed by atoms with Gasteiger partial charge in [-0.2, -0.15) is 0 Å². The van der Waals surface area contributed by atoms with Crippen LogP contribution in [-0.2, 0) is 6.54 Å². The summed E-state index contributed by atoms with van der Waals surface area (Å²) in [6.45, 7) is 2.14. The van der Waals surface area contributed by atoms with E-state index in [1.165, 1.54) is 6.07 Å². The maximum absolute atomic E-state index is 13.5. The van der Waals surface area contributed by atoms with Crippen molar-refractivity contribution in [2.45, 2.75) is 25.4 Å². The van der Waals surface area contributed by atoms with Crippen LogP contribution in [0.25, 0.3) is 0 Å². The molecule has 0 spiro atoms. The zero-order valence-corrected chi connectivity index (χ0v) is 12.8. The smallest absolute Gasteiger partial charge is 0.158 e. The number of β-amino-alcohol motifs (C(OH)–C–C–N with tert-alkyl or cyclic N) is 1. The molecule has 0 saturated carbocycles. The van der Waals surface area contributed by atoms with Crippen LogP contribution >= 0.6 is 0 Å². The molecule has 2 atom stereocenters. The van der Waals surface area contributed by atoms with Gasteiger partial charge in [-0.15, -0.1) is 0 Å². The third kappa shape index (κ3) is 2.78. The molecule has 23 heavy (non-hydrogen) atoms. The van der Waals surface area contributed by atoms with Crippen molar-refractivity contribution in [2.24, 2.45) is 0 Å². The normalized spacial score (nSPS) is 23.8. The zero-order chi connectivity index (χ0) is 15.8. The van der Waals surface area contributed by atoms with Gasteiger partial charge in [-0.25, -0.2) is 4.39 Å². The summed E-state index contributed by atoms with van der Waals surface area (Å²) in [7, 11) is 0. The van der Waals surface area contributed by atoms with E-state index >= 15 is 0 Å². The molecule has 2 aliphatic heterocycles. The van der Waals surface area contributed by atoms with E-state index in [0.29, 0.717) is 13.1 Å². The fraction of sp³-hybridized carbons (Fsp3) is 0.333. The molecule has 5 heteroatoms. The number of para-hydroxylation sites is 2.